The Labute approximate surface area is 159 Å². The van der Waals surface area contributed by atoms with Crippen molar-refractivity contribution in [1.29, 1.82) is 0 Å². The van der Waals surface area contributed by atoms with Gasteiger partial charge < -0.3 is 15.5 Å². The molecule has 0 aliphatic rings. The topological polar surface area (TPSA) is 60.0 Å². The summed E-state index contributed by atoms with van der Waals surface area (Å²) >= 11 is 0. The number of halogens is 4. The molecule has 0 atom stereocenters. The average Bonchev–Trinajstić information content (AvgIpc) is 2.29. The van der Waals surface area contributed by atoms with E-state index in [0.29, 0.717) is 12.5 Å². The Morgan fingerprint density at radius 2 is 1.71 bits per heavy atom. The van der Waals surface area contributed by atoms with Crippen molar-refractivity contribution in [3.8, 4) is 0 Å². The highest BCUT2D eigenvalue weighted by Crippen LogP contribution is 2.14. The highest BCUT2D eigenvalue weighted by Gasteiger charge is 2.28. The predicted molar refractivity (Wildman–Crippen MR) is 101 cm³/mol. The molecule has 0 saturated heterocycles. The summed E-state index contributed by atoms with van der Waals surface area (Å²) in [7, 11) is 4.65. The van der Waals surface area contributed by atoms with Crippen molar-refractivity contribution >= 4 is 35.8 Å². The maximum absolute atomic E-state index is 12.2. The summed E-state index contributed by atoms with van der Waals surface area (Å²) in [6.45, 7) is 5.30. The number of amides is 1. The monoisotopic (exact) mass is 467 g/mol. The molecule has 0 bridgehead atoms. The Kier molecular flexibility index (Phi) is 11.6. The van der Waals surface area contributed by atoms with Crippen LogP contribution in [0.4, 0.5) is 13.2 Å². The van der Waals surface area contributed by atoms with Gasteiger partial charge in [-0.1, -0.05) is 0 Å². The summed E-state index contributed by atoms with van der Waals surface area (Å²) < 4.78 is 36.7. The first kappa shape index (κ1) is 25.5. The lowest BCUT2D eigenvalue weighted by molar-refractivity contribution is -0.142. The largest absolute Gasteiger partial charge is 0.401 e. The smallest absolute Gasteiger partial charge is 0.355 e. The Morgan fingerprint density at radius 1 is 1.17 bits per heavy atom. The van der Waals surface area contributed by atoms with E-state index in [0.717, 1.165) is 0 Å². The van der Waals surface area contributed by atoms with Gasteiger partial charge in [0, 0.05) is 32.7 Å². The van der Waals surface area contributed by atoms with Crippen molar-refractivity contribution in [3.05, 3.63) is 0 Å². The SMILES string of the molecule is CN=C(NCCN(C)CC(F)(F)F)N(C)CC(=O)NC(C)(C)C.I. The highest BCUT2D eigenvalue weighted by molar-refractivity contribution is 14.0. The van der Waals surface area contributed by atoms with Gasteiger partial charge in [0.05, 0.1) is 13.1 Å². The molecule has 2 N–H and O–H groups in total. The van der Waals surface area contributed by atoms with Crippen LogP contribution < -0.4 is 10.6 Å². The molecule has 0 rings (SSSR count). The normalized spacial score (nSPS) is 12.7. The minimum absolute atomic E-state index is 0. The molecule has 144 valence electrons. The number of carbonyl (C=O) groups excluding carboxylic acids is 1. The van der Waals surface area contributed by atoms with E-state index in [4.69, 9.17) is 0 Å². The average molecular weight is 467 g/mol. The van der Waals surface area contributed by atoms with Gasteiger partial charge in [-0.3, -0.25) is 14.7 Å². The molecular weight excluding hydrogens is 438 g/mol. The number of nitrogens with one attached hydrogen (secondary N) is 2. The van der Waals surface area contributed by atoms with Crippen LogP contribution in [-0.4, -0.2) is 80.7 Å². The van der Waals surface area contributed by atoms with Crippen molar-refractivity contribution in [2.24, 2.45) is 4.99 Å². The molecule has 0 unspecified atom stereocenters. The Bertz CT molecular complexity index is 410. The molecule has 1 amide bonds. The van der Waals surface area contributed by atoms with Crippen molar-refractivity contribution in [3.63, 3.8) is 0 Å². The number of hydrogen-bond acceptors (Lipinski definition) is 3. The van der Waals surface area contributed by atoms with Gasteiger partial charge in [-0.05, 0) is 27.8 Å². The van der Waals surface area contributed by atoms with Crippen LogP contribution in [0.3, 0.4) is 0 Å². The van der Waals surface area contributed by atoms with Crippen LogP contribution in [0.1, 0.15) is 20.8 Å². The van der Waals surface area contributed by atoms with Crippen LogP contribution in [0.25, 0.3) is 0 Å². The van der Waals surface area contributed by atoms with Crippen LogP contribution in [0.5, 0.6) is 0 Å². The highest BCUT2D eigenvalue weighted by atomic mass is 127. The van der Waals surface area contributed by atoms with E-state index in [2.05, 4.69) is 15.6 Å². The molecule has 24 heavy (non-hydrogen) atoms. The number of guanidine groups is 1. The van der Waals surface area contributed by atoms with Crippen LogP contribution in [-0.2, 0) is 4.79 Å². The molecule has 0 radical (unpaired) electrons. The van der Waals surface area contributed by atoms with Crippen LogP contribution in [0.15, 0.2) is 4.99 Å². The van der Waals surface area contributed by atoms with Crippen LogP contribution in [0, 0.1) is 0 Å². The van der Waals surface area contributed by atoms with E-state index in [1.54, 1.807) is 19.0 Å². The lowest BCUT2D eigenvalue weighted by atomic mass is 10.1. The molecule has 0 aliphatic carbocycles. The number of carbonyl (C=O) groups is 1. The molecule has 0 heterocycles. The molecule has 0 aromatic heterocycles. The first-order valence-corrected chi connectivity index (χ1v) is 7.32. The molecule has 6 nitrogen and oxygen atoms in total. The van der Waals surface area contributed by atoms with Gasteiger partial charge in [-0.2, -0.15) is 13.2 Å². The number of nitrogens with zero attached hydrogens (tertiary/aromatic N) is 3. The quantitative estimate of drug-likeness (QED) is 0.354. The Balaban J connectivity index is 0. The Morgan fingerprint density at radius 3 is 2.12 bits per heavy atom. The lowest BCUT2D eigenvalue weighted by Crippen LogP contribution is -2.49. The second kappa shape index (κ2) is 11.0. The van der Waals surface area contributed by atoms with E-state index < -0.39 is 12.7 Å². The lowest BCUT2D eigenvalue weighted by Gasteiger charge is -2.26. The standard InChI is InChI=1S/C14H28F3N5O.HI/c1-13(2,3)20-11(23)9-22(6)12(18-4)19-7-8-21(5)10-14(15,16)17;/h7-10H2,1-6H3,(H,18,19)(H,20,23);1H. The molecule has 0 spiro atoms. The van der Waals surface area contributed by atoms with Gasteiger partial charge in [-0.25, -0.2) is 0 Å². The number of aliphatic imine (C=N–C) groups is 1. The van der Waals surface area contributed by atoms with Crippen molar-refractivity contribution < 1.29 is 18.0 Å². The zero-order valence-electron chi connectivity index (χ0n) is 15.1. The van der Waals surface area contributed by atoms with Gasteiger partial charge in [0.25, 0.3) is 0 Å². The summed E-state index contributed by atoms with van der Waals surface area (Å²) in [5, 5.41) is 5.77. The summed E-state index contributed by atoms with van der Waals surface area (Å²) in [5.74, 6) is 0.298. The molecular formula is C14H29F3IN5O. The van der Waals surface area contributed by atoms with Crippen LogP contribution in [0.2, 0.25) is 0 Å². The molecule has 0 aromatic rings. The Hall–Kier alpha value is -0.780. The second-order valence-corrected chi connectivity index (χ2v) is 6.48. The minimum atomic E-state index is -4.21. The first-order chi connectivity index (χ1) is 10.3. The molecule has 0 aliphatic heterocycles. The third-order valence-electron chi connectivity index (χ3n) is 2.69. The summed E-state index contributed by atoms with van der Waals surface area (Å²) in [6, 6.07) is 0. The molecule has 0 aromatic carbocycles. The fourth-order valence-electron chi connectivity index (χ4n) is 1.88. The number of alkyl halides is 3. The summed E-state index contributed by atoms with van der Waals surface area (Å²) in [4.78, 5) is 18.7. The van der Waals surface area contributed by atoms with E-state index in [1.807, 2.05) is 20.8 Å². The van der Waals surface area contributed by atoms with Gasteiger partial charge in [0.15, 0.2) is 5.96 Å². The van der Waals surface area contributed by atoms with Gasteiger partial charge in [0.2, 0.25) is 5.91 Å². The van der Waals surface area contributed by atoms with Crippen molar-refractivity contribution in [2.75, 3.05) is 47.3 Å². The second-order valence-electron chi connectivity index (χ2n) is 6.48. The summed E-state index contributed by atoms with van der Waals surface area (Å²) in [5.41, 5.74) is -0.324. The van der Waals surface area contributed by atoms with E-state index >= 15 is 0 Å². The van der Waals surface area contributed by atoms with Gasteiger partial charge in [-0.15, -0.1) is 24.0 Å². The van der Waals surface area contributed by atoms with E-state index in [9.17, 15) is 18.0 Å². The van der Waals surface area contributed by atoms with Crippen molar-refractivity contribution in [2.45, 2.75) is 32.5 Å². The number of rotatable bonds is 6. The summed E-state index contributed by atoms with van der Waals surface area (Å²) in [6.07, 6.45) is -4.21. The maximum Gasteiger partial charge on any atom is 0.401 e. The van der Waals surface area contributed by atoms with Crippen molar-refractivity contribution in [1.82, 2.24) is 20.4 Å². The molecule has 0 saturated carbocycles. The third-order valence-corrected chi connectivity index (χ3v) is 2.69. The van der Waals surface area contributed by atoms with Gasteiger partial charge in [0.1, 0.15) is 0 Å². The zero-order chi connectivity index (χ0) is 18.3. The predicted octanol–water partition coefficient (Wildman–Crippen LogP) is 1.52. The minimum Gasteiger partial charge on any atom is -0.355 e. The fourth-order valence-corrected chi connectivity index (χ4v) is 1.88. The van der Waals surface area contributed by atoms with Gasteiger partial charge >= 0.3 is 6.18 Å². The molecule has 0 fully saturated rings. The maximum atomic E-state index is 12.2. The van der Waals surface area contributed by atoms with E-state index in [-0.39, 0.29) is 48.5 Å². The third kappa shape index (κ3) is 13.6. The number of hydrogen-bond donors (Lipinski definition) is 2. The van der Waals surface area contributed by atoms with E-state index in [1.165, 1.54) is 11.9 Å². The fraction of sp³-hybridized carbons (Fsp3) is 0.857. The first-order valence-electron chi connectivity index (χ1n) is 7.32. The molecule has 10 heteroatoms. The van der Waals surface area contributed by atoms with Crippen LogP contribution >= 0.6 is 24.0 Å². The number of likely N-dealkylation sites (N-methyl/N-ethyl adjacent to an activating group) is 2. The zero-order valence-corrected chi connectivity index (χ0v) is 17.5.